The van der Waals surface area contributed by atoms with Gasteiger partial charge in [-0.1, -0.05) is 37.1 Å². The van der Waals surface area contributed by atoms with Crippen LogP contribution in [0.3, 0.4) is 0 Å². The Labute approximate surface area is 199 Å². The highest BCUT2D eigenvalue weighted by atomic mass is 16.5. The largest absolute Gasteiger partial charge is 0.494 e. The van der Waals surface area contributed by atoms with E-state index in [1.165, 1.54) is 0 Å². The number of furan rings is 1. The van der Waals surface area contributed by atoms with Crippen LogP contribution in [-0.2, 0) is 11.3 Å². The molecule has 1 N–H and O–H groups in total. The van der Waals surface area contributed by atoms with Gasteiger partial charge in [0.15, 0.2) is 11.3 Å². The molecule has 2 aliphatic rings. The van der Waals surface area contributed by atoms with Gasteiger partial charge in [-0.15, -0.1) is 0 Å². The highest BCUT2D eigenvalue weighted by Gasteiger charge is 2.48. The van der Waals surface area contributed by atoms with E-state index in [0.29, 0.717) is 17.9 Å². The summed E-state index contributed by atoms with van der Waals surface area (Å²) < 4.78 is 17.6. The van der Waals surface area contributed by atoms with Crippen molar-refractivity contribution in [1.82, 2.24) is 10.2 Å². The zero-order valence-corrected chi connectivity index (χ0v) is 19.6. The molecule has 0 saturated heterocycles. The van der Waals surface area contributed by atoms with Gasteiger partial charge in [-0.05, 0) is 56.5 Å². The summed E-state index contributed by atoms with van der Waals surface area (Å²) in [6.45, 7) is 4.56. The van der Waals surface area contributed by atoms with Crippen LogP contribution in [0.4, 0.5) is 0 Å². The summed E-state index contributed by atoms with van der Waals surface area (Å²) in [5.41, 5.74) is 0.262. The number of rotatable bonds is 6. The van der Waals surface area contributed by atoms with Crippen LogP contribution < -0.4 is 14.8 Å². The van der Waals surface area contributed by atoms with Crippen LogP contribution in [0.25, 0.3) is 11.0 Å². The van der Waals surface area contributed by atoms with Crippen molar-refractivity contribution < 1.29 is 23.5 Å². The van der Waals surface area contributed by atoms with Gasteiger partial charge in [-0.25, -0.2) is 0 Å². The van der Waals surface area contributed by atoms with Crippen molar-refractivity contribution in [3.05, 3.63) is 59.9 Å². The van der Waals surface area contributed by atoms with Crippen molar-refractivity contribution in [2.45, 2.75) is 57.7 Å². The van der Waals surface area contributed by atoms with Gasteiger partial charge < -0.3 is 24.1 Å². The lowest BCUT2D eigenvalue weighted by Gasteiger charge is -2.38. The Kier molecular flexibility index (Phi) is 5.94. The van der Waals surface area contributed by atoms with Gasteiger partial charge in [0.2, 0.25) is 11.7 Å². The number of para-hydroxylation sites is 1. The molecule has 2 aromatic carbocycles. The molecule has 0 bridgehead atoms. The summed E-state index contributed by atoms with van der Waals surface area (Å²) in [6, 6.07) is 15.1. The topological polar surface area (TPSA) is 81.0 Å². The van der Waals surface area contributed by atoms with Crippen LogP contribution in [0, 0.1) is 0 Å². The Morgan fingerprint density at radius 3 is 2.62 bits per heavy atom. The second-order valence-electron chi connectivity index (χ2n) is 9.24. The van der Waals surface area contributed by atoms with E-state index < -0.39 is 5.54 Å². The minimum atomic E-state index is -1.21. The number of carbonyl (C=O) groups excluding carboxylic acids is 2. The Morgan fingerprint density at radius 1 is 1.15 bits per heavy atom. The molecule has 34 heavy (non-hydrogen) atoms. The molecule has 0 radical (unpaired) electrons. The van der Waals surface area contributed by atoms with Crippen LogP contribution in [0.15, 0.2) is 52.9 Å². The summed E-state index contributed by atoms with van der Waals surface area (Å²) in [7, 11) is 0. The van der Waals surface area contributed by atoms with Crippen LogP contribution in [-0.4, -0.2) is 41.5 Å². The van der Waals surface area contributed by atoms with Gasteiger partial charge in [-0.2, -0.15) is 0 Å². The van der Waals surface area contributed by atoms with Gasteiger partial charge in [0.05, 0.1) is 12.0 Å². The molecular formula is C27H30N2O5. The third kappa shape index (κ3) is 4.00. The Balaban J connectivity index is 1.52. The van der Waals surface area contributed by atoms with Crippen LogP contribution in [0.2, 0.25) is 0 Å². The quantitative estimate of drug-likeness (QED) is 0.575. The molecular weight excluding hydrogens is 432 g/mol. The van der Waals surface area contributed by atoms with Gasteiger partial charge in [0.1, 0.15) is 17.9 Å². The molecule has 1 aliphatic heterocycles. The zero-order chi connectivity index (χ0) is 23.7. The number of benzene rings is 2. The molecule has 1 saturated carbocycles. The van der Waals surface area contributed by atoms with Crippen LogP contribution in [0.1, 0.15) is 55.6 Å². The second kappa shape index (κ2) is 9.05. The Morgan fingerprint density at radius 2 is 1.88 bits per heavy atom. The highest BCUT2D eigenvalue weighted by Crippen LogP contribution is 2.39. The first-order valence-electron chi connectivity index (χ1n) is 12.0. The average molecular weight is 463 g/mol. The lowest BCUT2D eigenvalue weighted by molar-refractivity contribution is -0.133. The summed E-state index contributed by atoms with van der Waals surface area (Å²) in [5.74, 6) is 0.729. The molecule has 7 nitrogen and oxygen atoms in total. The van der Waals surface area contributed by atoms with Crippen molar-refractivity contribution in [3.63, 3.8) is 0 Å². The molecule has 1 atom stereocenters. The minimum Gasteiger partial charge on any atom is -0.494 e. The first-order valence-corrected chi connectivity index (χ1v) is 12.0. The van der Waals surface area contributed by atoms with E-state index in [1.807, 2.05) is 55.5 Å². The molecule has 5 rings (SSSR count). The highest BCUT2D eigenvalue weighted by molar-refractivity contribution is 6.04. The standard InChI is InChI=1S/C27H30N2O5/c1-3-32-20-14-12-18(13-15-20)16-29-25(30)24-23(21-10-6-7-11-22(21)34-24)33-17-27(29,2)26(31)28-19-8-4-5-9-19/h6-7,10-15,19H,3-5,8-9,16-17H2,1-2H3,(H,28,31)/t27-/m0/s1. The molecule has 178 valence electrons. The maximum Gasteiger partial charge on any atom is 0.294 e. The predicted octanol–water partition coefficient (Wildman–Crippen LogP) is 4.68. The number of fused-ring (bicyclic) bond motifs is 3. The monoisotopic (exact) mass is 462 g/mol. The van der Waals surface area contributed by atoms with Crippen molar-refractivity contribution in [2.75, 3.05) is 13.2 Å². The summed E-state index contributed by atoms with van der Waals surface area (Å²) in [5, 5.41) is 3.90. The number of hydrogen-bond donors (Lipinski definition) is 1. The maximum absolute atomic E-state index is 13.9. The van der Waals surface area contributed by atoms with Crippen molar-refractivity contribution in [3.8, 4) is 11.5 Å². The second-order valence-corrected chi connectivity index (χ2v) is 9.24. The van der Waals surface area contributed by atoms with E-state index >= 15 is 0 Å². The third-order valence-corrected chi connectivity index (χ3v) is 6.84. The molecule has 2 amide bonds. The van der Waals surface area contributed by atoms with Crippen LogP contribution in [0.5, 0.6) is 11.5 Å². The van der Waals surface area contributed by atoms with E-state index in [1.54, 1.807) is 11.8 Å². The molecule has 0 unspecified atom stereocenters. The fourth-order valence-electron chi connectivity index (χ4n) is 4.83. The van der Waals surface area contributed by atoms with Crippen molar-refractivity contribution >= 4 is 22.8 Å². The third-order valence-electron chi connectivity index (χ3n) is 6.84. The molecule has 1 fully saturated rings. The first kappa shape index (κ1) is 22.3. The number of nitrogens with one attached hydrogen (secondary N) is 1. The van der Waals surface area contributed by atoms with E-state index in [-0.39, 0.29) is 36.8 Å². The molecule has 1 aliphatic carbocycles. The number of amides is 2. The van der Waals surface area contributed by atoms with E-state index in [9.17, 15) is 9.59 Å². The average Bonchev–Trinajstić information content (AvgIpc) is 3.47. The molecule has 2 heterocycles. The van der Waals surface area contributed by atoms with Crippen molar-refractivity contribution in [2.24, 2.45) is 0 Å². The first-order chi connectivity index (χ1) is 16.5. The van der Waals surface area contributed by atoms with Gasteiger partial charge in [0, 0.05) is 12.6 Å². The van der Waals surface area contributed by atoms with Crippen molar-refractivity contribution in [1.29, 1.82) is 0 Å². The van der Waals surface area contributed by atoms with E-state index in [2.05, 4.69) is 5.32 Å². The fraction of sp³-hybridized carbons (Fsp3) is 0.407. The number of hydrogen-bond acceptors (Lipinski definition) is 5. The maximum atomic E-state index is 13.9. The number of ether oxygens (including phenoxy) is 2. The smallest absolute Gasteiger partial charge is 0.294 e. The molecule has 0 spiro atoms. The lowest BCUT2D eigenvalue weighted by Crippen LogP contribution is -2.61. The number of nitrogens with zero attached hydrogens (tertiary/aromatic N) is 1. The van der Waals surface area contributed by atoms with E-state index in [0.717, 1.165) is 42.4 Å². The summed E-state index contributed by atoms with van der Waals surface area (Å²) in [4.78, 5) is 29.1. The van der Waals surface area contributed by atoms with Gasteiger partial charge >= 0.3 is 0 Å². The summed E-state index contributed by atoms with van der Waals surface area (Å²) >= 11 is 0. The van der Waals surface area contributed by atoms with Gasteiger partial charge in [-0.3, -0.25) is 9.59 Å². The molecule has 7 heteroatoms. The SMILES string of the molecule is CCOc1ccc(CN2C(=O)c3oc4ccccc4c3OC[C@@]2(C)C(=O)NC2CCCC2)cc1. The van der Waals surface area contributed by atoms with Crippen LogP contribution >= 0.6 is 0 Å². The molecule has 3 aromatic rings. The zero-order valence-electron chi connectivity index (χ0n) is 19.6. The van der Waals surface area contributed by atoms with E-state index in [4.69, 9.17) is 13.9 Å². The van der Waals surface area contributed by atoms with Gasteiger partial charge in [0.25, 0.3) is 5.91 Å². The fourth-order valence-corrected chi connectivity index (χ4v) is 4.83. The molecule has 1 aromatic heterocycles. The summed E-state index contributed by atoms with van der Waals surface area (Å²) in [6.07, 6.45) is 4.13. The Hall–Kier alpha value is -3.48. The predicted molar refractivity (Wildman–Crippen MR) is 128 cm³/mol. The Bertz CT molecular complexity index is 1200. The normalized spacial score (nSPS) is 20.6. The lowest BCUT2D eigenvalue weighted by atomic mass is 9.97. The number of carbonyl (C=O) groups is 2. The minimum absolute atomic E-state index is 0.0326.